The Hall–Kier alpha value is -1.52. The lowest BCUT2D eigenvalue weighted by atomic mass is 9.93. The van der Waals surface area contributed by atoms with Crippen LogP contribution in [0.25, 0.3) is 10.9 Å². The zero-order valence-electron chi connectivity index (χ0n) is 9.38. The minimum atomic E-state index is -0.974. The van der Waals surface area contributed by atoms with Crippen molar-refractivity contribution in [3.63, 3.8) is 0 Å². The highest BCUT2D eigenvalue weighted by molar-refractivity contribution is 5.85. The van der Waals surface area contributed by atoms with Crippen LogP contribution in [0, 0.1) is 0 Å². The van der Waals surface area contributed by atoms with Crippen LogP contribution in [0.1, 0.15) is 18.4 Å². The minimum absolute atomic E-state index is 0. The van der Waals surface area contributed by atoms with Crippen LogP contribution in [-0.2, 0) is 4.79 Å². The highest BCUT2D eigenvalue weighted by Gasteiger charge is 2.23. The Morgan fingerprint density at radius 2 is 2.06 bits per heavy atom. The van der Waals surface area contributed by atoms with Gasteiger partial charge in [0.2, 0.25) is 0 Å². The molecular weight excluding hydrogens is 240 g/mol. The van der Waals surface area contributed by atoms with Crippen molar-refractivity contribution in [2.75, 3.05) is 0 Å². The van der Waals surface area contributed by atoms with Crippen LogP contribution < -0.4 is 5.73 Å². The Labute approximate surface area is 105 Å². The number of nitrogens with two attached hydrogens (primary N) is 1. The number of aromatic amines is 1. The van der Waals surface area contributed by atoms with Gasteiger partial charge in [0.25, 0.3) is 0 Å². The first kappa shape index (κ1) is 13.5. The third kappa shape index (κ3) is 2.43. The second-order valence-electron chi connectivity index (χ2n) is 3.94. The molecule has 0 saturated carbocycles. The number of hydrogen-bond donors (Lipinski definition) is 3. The van der Waals surface area contributed by atoms with Crippen LogP contribution >= 0.6 is 12.4 Å². The first-order chi connectivity index (χ1) is 7.61. The van der Waals surface area contributed by atoms with Crippen LogP contribution in [0.2, 0.25) is 0 Å². The normalized spacial score (nSPS) is 14.0. The van der Waals surface area contributed by atoms with Crippen molar-refractivity contribution in [1.82, 2.24) is 4.98 Å². The lowest BCUT2D eigenvalue weighted by Crippen LogP contribution is -2.35. The summed E-state index contributed by atoms with van der Waals surface area (Å²) in [4.78, 5) is 14.0. The monoisotopic (exact) mass is 254 g/mol. The van der Waals surface area contributed by atoms with E-state index in [-0.39, 0.29) is 18.3 Å². The Morgan fingerprint density at radius 3 is 2.71 bits per heavy atom. The van der Waals surface area contributed by atoms with Crippen LogP contribution in [0.15, 0.2) is 30.5 Å². The van der Waals surface area contributed by atoms with Crippen molar-refractivity contribution in [1.29, 1.82) is 0 Å². The van der Waals surface area contributed by atoms with E-state index in [2.05, 4.69) is 4.98 Å². The molecule has 1 aromatic carbocycles. The molecule has 2 unspecified atom stereocenters. The number of H-pyrrole nitrogens is 1. The largest absolute Gasteiger partial charge is 0.480 e. The summed E-state index contributed by atoms with van der Waals surface area (Å²) < 4.78 is 0. The summed E-state index contributed by atoms with van der Waals surface area (Å²) >= 11 is 0. The molecular formula is C12H15ClN2O2. The number of fused-ring (bicyclic) bond motifs is 1. The minimum Gasteiger partial charge on any atom is -0.480 e. The molecule has 1 heterocycles. The summed E-state index contributed by atoms with van der Waals surface area (Å²) in [7, 11) is 0. The van der Waals surface area contributed by atoms with Crippen LogP contribution in [0.3, 0.4) is 0 Å². The molecule has 92 valence electrons. The van der Waals surface area contributed by atoms with Crippen LogP contribution in [0.5, 0.6) is 0 Å². The fourth-order valence-electron chi connectivity index (χ4n) is 1.88. The summed E-state index contributed by atoms with van der Waals surface area (Å²) in [6, 6.07) is 6.91. The van der Waals surface area contributed by atoms with Crippen LogP contribution in [0.4, 0.5) is 0 Å². The maximum Gasteiger partial charge on any atom is 0.321 e. The number of halogens is 1. The fraction of sp³-hybridized carbons (Fsp3) is 0.250. The maximum absolute atomic E-state index is 10.8. The number of benzene rings is 1. The summed E-state index contributed by atoms with van der Waals surface area (Å²) in [6.45, 7) is 1.83. The molecule has 0 bridgehead atoms. The Kier molecular flexibility index (Phi) is 4.15. The van der Waals surface area contributed by atoms with Crippen molar-refractivity contribution in [3.8, 4) is 0 Å². The van der Waals surface area contributed by atoms with Gasteiger partial charge in [0, 0.05) is 23.0 Å². The molecule has 17 heavy (non-hydrogen) atoms. The number of carboxylic acid groups (broad SMARTS) is 1. The number of carbonyl (C=O) groups is 1. The zero-order valence-corrected chi connectivity index (χ0v) is 10.2. The Bertz CT molecular complexity index is 524. The predicted molar refractivity (Wildman–Crippen MR) is 69.6 cm³/mol. The van der Waals surface area contributed by atoms with Gasteiger partial charge in [-0.15, -0.1) is 12.4 Å². The lowest BCUT2D eigenvalue weighted by molar-refractivity contribution is -0.138. The van der Waals surface area contributed by atoms with Gasteiger partial charge in [-0.1, -0.05) is 25.1 Å². The Balaban J connectivity index is 0.00000144. The van der Waals surface area contributed by atoms with Crippen LogP contribution in [-0.4, -0.2) is 22.1 Å². The molecule has 2 rings (SSSR count). The van der Waals surface area contributed by atoms with Gasteiger partial charge in [-0.05, 0) is 11.6 Å². The molecule has 5 heteroatoms. The van der Waals surface area contributed by atoms with E-state index in [0.29, 0.717) is 0 Å². The molecule has 0 aliphatic heterocycles. The number of rotatable bonds is 3. The molecule has 0 spiro atoms. The standard InChI is InChI=1S/C12H14N2O2.ClH/c1-7(11(13)12(15)16)9-6-14-10-5-3-2-4-8(9)10;/h2-7,11,14H,13H2,1H3,(H,15,16);1H. The van der Waals surface area contributed by atoms with E-state index in [4.69, 9.17) is 10.8 Å². The first-order valence-corrected chi connectivity index (χ1v) is 5.15. The topological polar surface area (TPSA) is 79.1 Å². The van der Waals surface area contributed by atoms with Crippen molar-refractivity contribution < 1.29 is 9.90 Å². The van der Waals surface area contributed by atoms with Gasteiger partial charge in [0.15, 0.2) is 0 Å². The van der Waals surface area contributed by atoms with Gasteiger partial charge in [-0.3, -0.25) is 4.79 Å². The molecule has 0 aliphatic rings. The Morgan fingerprint density at radius 1 is 1.41 bits per heavy atom. The van der Waals surface area contributed by atoms with E-state index in [1.807, 2.05) is 37.4 Å². The third-order valence-corrected chi connectivity index (χ3v) is 2.94. The summed E-state index contributed by atoms with van der Waals surface area (Å²) in [5.74, 6) is -1.19. The van der Waals surface area contributed by atoms with Crippen molar-refractivity contribution >= 4 is 29.3 Å². The number of para-hydroxylation sites is 1. The average molecular weight is 255 g/mol. The number of nitrogens with one attached hydrogen (secondary N) is 1. The zero-order chi connectivity index (χ0) is 11.7. The highest BCUT2D eigenvalue weighted by Crippen LogP contribution is 2.26. The fourth-order valence-corrected chi connectivity index (χ4v) is 1.88. The predicted octanol–water partition coefficient (Wildman–Crippen LogP) is 2.11. The second-order valence-corrected chi connectivity index (χ2v) is 3.94. The SMILES string of the molecule is CC(c1c[nH]c2ccccc12)C(N)C(=O)O.Cl. The number of aromatic nitrogens is 1. The van der Waals surface area contributed by atoms with Gasteiger partial charge < -0.3 is 15.8 Å². The molecule has 2 atom stereocenters. The molecule has 0 aliphatic carbocycles. The molecule has 2 aromatic rings. The highest BCUT2D eigenvalue weighted by atomic mass is 35.5. The molecule has 4 N–H and O–H groups in total. The summed E-state index contributed by atoms with van der Waals surface area (Å²) in [6.07, 6.45) is 1.83. The molecule has 1 aromatic heterocycles. The van der Waals surface area contributed by atoms with E-state index >= 15 is 0 Å². The van der Waals surface area contributed by atoms with E-state index in [0.717, 1.165) is 16.5 Å². The molecule has 0 radical (unpaired) electrons. The number of hydrogen-bond acceptors (Lipinski definition) is 2. The third-order valence-electron chi connectivity index (χ3n) is 2.94. The summed E-state index contributed by atoms with van der Waals surface area (Å²) in [5.41, 5.74) is 7.58. The maximum atomic E-state index is 10.8. The van der Waals surface area contributed by atoms with E-state index in [9.17, 15) is 4.79 Å². The molecule has 0 saturated heterocycles. The van der Waals surface area contributed by atoms with Crippen molar-refractivity contribution in [2.45, 2.75) is 18.9 Å². The van der Waals surface area contributed by atoms with Gasteiger partial charge >= 0.3 is 5.97 Å². The first-order valence-electron chi connectivity index (χ1n) is 5.15. The van der Waals surface area contributed by atoms with E-state index in [1.54, 1.807) is 0 Å². The molecule has 0 fully saturated rings. The van der Waals surface area contributed by atoms with Gasteiger partial charge in [0.05, 0.1) is 0 Å². The second kappa shape index (κ2) is 5.21. The smallest absolute Gasteiger partial charge is 0.321 e. The lowest BCUT2D eigenvalue weighted by Gasteiger charge is -2.15. The van der Waals surface area contributed by atoms with Gasteiger partial charge in [0.1, 0.15) is 6.04 Å². The number of aliphatic carboxylic acids is 1. The van der Waals surface area contributed by atoms with E-state index in [1.165, 1.54) is 0 Å². The molecule has 4 nitrogen and oxygen atoms in total. The van der Waals surface area contributed by atoms with Crippen molar-refractivity contribution in [3.05, 3.63) is 36.0 Å². The number of carboxylic acids is 1. The van der Waals surface area contributed by atoms with Gasteiger partial charge in [-0.25, -0.2) is 0 Å². The van der Waals surface area contributed by atoms with Gasteiger partial charge in [-0.2, -0.15) is 0 Å². The quantitative estimate of drug-likeness (QED) is 0.785. The molecule has 0 amide bonds. The average Bonchev–Trinajstić information content (AvgIpc) is 2.70. The van der Waals surface area contributed by atoms with Crippen molar-refractivity contribution in [2.24, 2.45) is 5.73 Å². The summed E-state index contributed by atoms with van der Waals surface area (Å²) in [5, 5.41) is 9.92. The van der Waals surface area contributed by atoms with E-state index < -0.39 is 12.0 Å².